The summed E-state index contributed by atoms with van der Waals surface area (Å²) in [5, 5.41) is 0.240. The van der Waals surface area contributed by atoms with Crippen molar-refractivity contribution in [2.75, 3.05) is 14.2 Å². The van der Waals surface area contributed by atoms with E-state index in [2.05, 4.69) is 9.72 Å². The molecule has 0 spiro atoms. The smallest absolute Gasteiger partial charge is 0.345 e. The van der Waals surface area contributed by atoms with E-state index in [0.717, 1.165) is 0 Å². The van der Waals surface area contributed by atoms with E-state index < -0.39 is 11.9 Å². The van der Waals surface area contributed by atoms with E-state index in [1.165, 1.54) is 32.6 Å². The van der Waals surface area contributed by atoms with Gasteiger partial charge >= 0.3 is 11.9 Å². The molecule has 1 aromatic heterocycles. The van der Waals surface area contributed by atoms with E-state index in [-0.39, 0.29) is 21.5 Å². The number of carbonyl (C=O) groups excluding carboxylic acids is 2. The molecule has 0 N–H and O–H groups in total. The van der Waals surface area contributed by atoms with Gasteiger partial charge in [0.1, 0.15) is 5.15 Å². The predicted octanol–water partition coefficient (Wildman–Crippen LogP) is 3.80. The first-order valence-electron chi connectivity index (χ1n) is 6.92. The molecule has 0 saturated heterocycles. The highest BCUT2D eigenvalue weighted by molar-refractivity contribution is 6.41. The number of aromatic nitrogens is 1. The van der Waals surface area contributed by atoms with Gasteiger partial charge in [0, 0.05) is 12.3 Å². The maximum atomic E-state index is 12.2. The number of pyridine rings is 1. The van der Waals surface area contributed by atoms with Crippen LogP contribution < -0.4 is 9.47 Å². The van der Waals surface area contributed by atoms with Crippen molar-refractivity contribution in [1.29, 1.82) is 0 Å². The van der Waals surface area contributed by atoms with E-state index in [1.54, 1.807) is 24.3 Å². The van der Waals surface area contributed by atoms with E-state index in [9.17, 15) is 9.59 Å². The average Bonchev–Trinajstić information content (AvgIpc) is 2.62. The zero-order valence-electron chi connectivity index (χ0n) is 13.3. The first kappa shape index (κ1) is 18.8. The maximum Gasteiger partial charge on any atom is 0.345 e. The van der Waals surface area contributed by atoms with Gasteiger partial charge in [0.25, 0.3) is 0 Å². The van der Waals surface area contributed by atoms with Gasteiger partial charge in [-0.1, -0.05) is 29.3 Å². The molecule has 1 aromatic carbocycles. The fourth-order valence-corrected chi connectivity index (χ4v) is 2.07. The Kier molecular flexibility index (Phi) is 6.38. The molecule has 130 valence electrons. The number of nitrogens with zero attached hydrogens (tertiary/aromatic N) is 1. The van der Waals surface area contributed by atoms with Crippen molar-refractivity contribution in [3.05, 3.63) is 57.8 Å². The van der Waals surface area contributed by atoms with Crippen LogP contribution in [0.2, 0.25) is 10.2 Å². The molecule has 0 atom stereocenters. The molecule has 8 heteroatoms. The van der Waals surface area contributed by atoms with E-state index >= 15 is 0 Å². The lowest BCUT2D eigenvalue weighted by molar-refractivity contribution is -0.134. The maximum absolute atomic E-state index is 12.2. The molecule has 6 nitrogen and oxygen atoms in total. The number of carbonyl (C=O) groups is 2. The second kappa shape index (κ2) is 8.50. The average molecular weight is 382 g/mol. The topological polar surface area (TPSA) is 74.7 Å². The molecule has 0 aliphatic carbocycles. The van der Waals surface area contributed by atoms with Crippen LogP contribution in [0.25, 0.3) is 6.08 Å². The molecule has 1 heterocycles. The van der Waals surface area contributed by atoms with Crippen molar-refractivity contribution in [1.82, 2.24) is 4.98 Å². The van der Waals surface area contributed by atoms with Crippen molar-refractivity contribution in [2.24, 2.45) is 0 Å². The summed E-state index contributed by atoms with van der Waals surface area (Å²) < 4.78 is 15.0. The lowest BCUT2D eigenvalue weighted by Gasteiger charge is -2.10. The van der Waals surface area contributed by atoms with Gasteiger partial charge in [-0.05, 0) is 29.8 Å². The number of esters is 2. The number of rotatable bonds is 5. The summed E-state index contributed by atoms with van der Waals surface area (Å²) in [6.07, 6.45) is 4.07. The lowest BCUT2D eigenvalue weighted by Crippen LogP contribution is -2.10. The molecule has 0 aliphatic heterocycles. The highest BCUT2D eigenvalue weighted by Gasteiger charge is 2.14. The summed E-state index contributed by atoms with van der Waals surface area (Å²) in [7, 11) is 2.72. The second-order valence-electron chi connectivity index (χ2n) is 4.65. The molecular formula is C17H13Cl2NO5. The lowest BCUT2D eigenvalue weighted by atomic mass is 10.2. The molecule has 0 bridgehead atoms. The molecular weight excluding hydrogens is 369 g/mol. The first-order chi connectivity index (χ1) is 11.9. The SMILES string of the molecule is COC(=O)/C=C/c1ccc(OC(=O)c2cnc(Cl)c(Cl)c2)c(OC)c1. The molecule has 0 radical (unpaired) electrons. The highest BCUT2D eigenvalue weighted by atomic mass is 35.5. The number of methoxy groups -OCH3 is 2. The summed E-state index contributed by atoms with van der Waals surface area (Å²) in [5.41, 5.74) is 0.810. The molecule has 25 heavy (non-hydrogen) atoms. The number of ether oxygens (including phenoxy) is 3. The molecule has 0 saturated carbocycles. The van der Waals surface area contributed by atoms with Gasteiger partial charge in [0.05, 0.1) is 24.8 Å². The molecule has 2 aromatic rings. The van der Waals surface area contributed by atoms with E-state index in [4.69, 9.17) is 32.7 Å². The summed E-state index contributed by atoms with van der Waals surface area (Å²) in [6.45, 7) is 0. The minimum Gasteiger partial charge on any atom is -0.493 e. The van der Waals surface area contributed by atoms with Crippen LogP contribution >= 0.6 is 23.2 Å². The number of hydrogen-bond acceptors (Lipinski definition) is 6. The molecule has 0 aliphatic rings. The number of benzene rings is 1. The Balaban J connectivity index is 2.21. The number of halogens is 2. The standard InChI is InChI=1S/C17H13Cl2NO5/c1-23-14-7-10(4-6-15(21)24-2)3-5-13(14)25-17(22)11-8-12(18)16(19)20-9-11/h3-9H,1-2H3/b6-4+. The van der Waals surface area contributed by atoms with Gasteiger partial charge in [-0.3, -0.25) is 0 Å². The highest BCUT2D eigenvalue weighted by Crippen LogP contribution is 2.30. The fourth-order valence-electron chi connectivity index (χ4n) is 1.80. The minimum atomic E-state index is -0.665. The van der Waals surface area contributed by atoms with E-state index in [1.807, 2.05) is 0 Å². The van der Waals surface area contributed by atoms with E-state index in [0.29, 0.717) is 11.3 Å². The Morgan fingerprint density at radius 2 is 1.88 bits per heavy atom. The Morgan fingerprint density at radius 3 is 2.52 bits per heavy atom. The van der Waals surface area contributed by atoms with Gasteiger partial charge < -0.3 is 14.2 Å². The first-order valence-corrected chi connectivity index (χ1v) is 7.67. The van der Waals surface area contributed by atoms with Crippen molar-refractivity contribution < 1.29 is 23.8 Å². The van der Waals surface area contributed by atoms with Crippen molar-refractivity contribution in [3.63, 3.8) is 0 Å². The van der Waals surface area contributed by atoms with Crippen LogP contribution in [0.4, 0.5) is 0 Å². The van der Waals surface area contributed by atoms with Crippen LogP contribution in [0.15, 0.2) is 36.5 Å². The fraction of sp³-hybridized carbons (Fsp3) is 0.118. The second-order valence-corrected chi connectivity index (χ2v) is 5.42. The Hall–Kier alpha value is -2.57. The van der Waals surface area contributed by atoms with Gasteiger partial charge in [-0.15, -0.1) is 0 Å². The Bertz CT molecular complexity index is 836. The van der Waals surface area contributed by atoms with Gasteiger partial charge in [-0.25, -0.2) is 14.6 Å². The molecule has 0 amide bonds. The minimum absolute atomic E-state index is 0.0949. The third-order valence-electron chi connectivity index (χ3n) is 3.04. The summed E-state index contributed by atoms with van der Waals surface area (Å²) in [5.74, 6) is -0.633. The summed E-state index contributed by atoms with van der Waals surface area (Å²) in [6, 6.07) is 6.16. The van der Waals surface area contributed by atoms with Crippen LogP contribution in [-0.2, 0) is 9.53 Å². The van der Waals surface area contributed by atoms with Crippen LogP contribution in [0.5, 0.6) is 11.5 Å². The quantitative estimate of drug-likeness (QED) is 0.339. The molecule has 0 fully saturated rings. The van der Waals surface area contributed by atoms with Gasteiger partial charge in [-0.2, -0.15) is 0 Å². The summed E-state index contributed by atoms with van der Waals surface area (Å²) in [4.78, 5) is 27.1. The zero-order chi connectivity index (χ0) is 18.4. The monoisotopic (exact) mass is 381 g/mol. The Labute approximate surface area is 153 Å². The normalized spacial score (nSPS) is 10.6. The van der Waals surface area contributed by atoms with Crippen LogP contribution in [0.1, 0.15) is 15.9 Å². The zero-order valence-corrected chi connectivity index (χ0v) is 14.8. The Morgan fingerprint density at radius 1 is 1.12 bits per heavy atom. The van der Waals surface area contributed by atoms with Gasteiger partial charge in [0.15, 0.2) is 11.5 Å². The van der Waals surface area contributed by atoms with Crippen molar-refractivity contribution in [2.45, 2.75) is 0 Å². The van der Waals surface area contributed by atoms with Crippen molar-refractivity contribution >= 4 is 41.2 Å². The predicted molar refractivity (Wildman–Crippen MR) is 93.3 cm³/mol. The summed E-state index contributed by atoms with van der Waals surface area (Å²) >= 11 is 11.6. The van der Waals surface area contributed by atoms with Crippen LogP contribution in [0, 0.1) is 0 Å². The third kappa shape index (κ3) is 4.95. The van der Waals surface area contributed by atoms with Gasteiger partial charge in [0.2, 0.25) is 0 Å². The van der Waals surface area contributed by atoms with Crippen LogP contribution in [0.3, 0.4) is 0 Å². The molecule has 0 unspecified atom stereocenters. The van der Waals surface area contributed by atoms with Crippen LogP contribution in [-0.4, -0.2) is 31.1 Å². The largest absolute Gasteiger partial charge is 0.493 e. The van der Waals surface area contributed by atoms with Crippen molar-refractivity contribution in [3.8, 4) is 11.5 Å². The number of hydrogen-bond donors (Lipinski definition) is 0. The third-order valence-corrected chi connectivity index (χ3v) is 3.72. The molecule has 2 rings (SSSR count).